The van der Waals surface area contributed by atoms with Crippen LogP contribution in [0.5, 0.6) is 11.9 Å². The number of benzene rings is 1. The van der Waals surface area contributed by atoms with Crippen LogP contribution < -0.4 is 15.2 Å². The van der Waals surface area contributed by atoms with Crippen molar-refractivity contribution in [3.8, 4) is 23.0 Å². The largest absolute Gasteiger partial charge is 0.480 e. The Balaban J connectivity index is 2.48. The molecule has 0 atom stereocenters. The Labute approximate surface area is 106 Å². The highest BCUT2D eigenvalue weighted by atomic mass is 16.5. The van der Waals surface area contributed by atoms with E-state index in [0.29, 0.717) is 12.4 Å². The number of nitrogens with zero attached hydrogens (tertiary/aromatic N) is 2. The minimum Gasteiger partial charge on any atom is -0.480 e. The Morgan fingerprint density at radius 2 is 2.06 bits per heavy atom. The summed E-state index contributed by atoms with van der Waals surface area (Å²) in [5.41, 5.74) is 8.46. The van der Waals surface area contributed by atoms with Crippen molar-refractivity contribution < 1.29 is 9.47 Å². The van der Waals surface area contributed by atoms with Crippen molar-refractivity contribution in [3.63, 3.8) is 0 Å². The van der Waals surface area contributed by atoms with Gasteiger partial charge in [0.05, 0.1) is 19.8 Å². The maximum Gasteiger partial charge on any atom is 0.319 e. The minimum absolute atomic E-state index is 0.283. The molecule has 2 N–H and O–H groups in total. The first kappa shape index (κ1) is 12.3. The van der Waals surface area contributed by atoms with Crippen LogP contribution >= 0.6 is 0 Å². The van der Waals surface area contributed by atoms with Crippen molar-refractivity contribution in [2.45, 2.75) is 6.54 Å². The number of aromatic nitrogens is 2. The molecule has 0 radical (unpaired) electrons. The quantitative estimate of drug-likeness (QED) is 0.886. The van der Waals surface area contributed by atoms with Crippen LogP contribution in [0.2, 0.25) is 0 Å². The molecule has 0 aliphatic carbocycles. The zero-order chi connectivity index (χ0) is 13.0. The lowest BCUT2D eigenvalue weighted by molar-refractivity contribution is 0.353. The molecular weight excluding hydrogens is 230 g/mol. The molecule has 18 heavy (non-hydrogen) atoms. The molecular formula is C13H15N3O2. The molecule has 0 saturated heterocycles. The Morgan fingerprint density at radius 3 is 2.72 bits per heavy atom. The van der Waals surface area contributed by atoms with E-state index in [1.807, 2.05) is 24.3 Å². The first-order valence-electron chi connectivity index (χ1n) is 5.53. The van der Waals surface area contributed by atoms with Crippen LogP contribution in [0.25, 0.3) is 11.1 Å². The smallest absolute Gasteiger partial charge is 0.319 e. The van der Waals surface area contributed by atoms with E-state index >= 15 is 0 Å². The van der Waals surface area contributed by atoms with Crippen molar-refractivity contribution >= 4 is 0 Å². The lowest BCUT2D eigenvalue weighted by Crippen LogP contribution is -1.99. The van der Waals surface area contributed by atoms with Crippen LogP contribution in [0, 0.1) is 0 Å². The number of hydrogen-bond donors (Lipinski definition) is 1. The van der Waals surface area contributed by atoms with E-state index in [1.165, 1.54) is 7.11 Å². The molecule has 5 nitrogen and oxygen atoms in total. The fourth-order valence-corrected chi connectivity index (χ4v) is 1.67. The summed E-state index contributed by atoms with van der Waals surface area (Å²) in [4.78, 5) is 8.25. The van der Waals surface area contributed by atoms with Crippen LogP contribution in [0.4, 0.5) is 0 Å². The maximum absolute atomic E-state index is 5.63. The topological polar surface area (TPSA) is 70.3 Å². The number of methoxy groups -OCH3 is 2. The van der Waals surface area contributed by atoms with Gasteiger partial charge in [0.2, 0.25) is 5.88 Å². The summed E-state index contributed by atoms with van der Waals surface area (Å²) in [7, 11) is 3.08. The van der Waals surface area contributed by atoms with Gasteiger partial charge in [0.15, 0.2) is 0 Å². The van der Waals surface area contributed by atoms with Crippen molar-refractivity contribution in [1.29, 1.82) is 0 Å². The summed E-state index contributed by atoms with van der Waals surface area (Å²) in [5.74, 6) is 0.482. The van der Waals surface area contributed by atoms with Crippen molar-refractivity contribution in [2.75, 3.05) is 14.2 Å². The third kappa shape index (κ3) is 2.41. The van der Waals surface area contributed by atoms with Gasteiger partial charge < -0.3 is 15.2 Å². The van der Waals surface area contributed by atoms with E-state index < -0.39 is 0 Å². The van der Waals surface area contributed by atoms with Gasteiger partial charge in [0.25, 0.3) is 0 Å². The Kier molecular flexibility index (Phi) is 3.74. The molecule has 94 valence electrons. The second kappa shape index (κ2) is 5.46. The fraction of sp³-hybridized carbons (Fsp3) is 0.231. The summed E-state index contributed by atoms with van der Waals surface area (Å²) in [6.07, 6.45) is 1.68. The lowest BCUT2D eigenvalue weighted by atomic mass is 10.1. The van der Waals surface area contributed by atoms with Crippen LogP contribution in [-0.2, 0) is 6.54 Å². The second-order valence-corrected chi connectivity index (χ2v) is 3.68. The van der Waals surface area contributed by atoms with E-state index in [9.17, 15) is 0 Å². The number of nitrogens with two attached hydrogens (primary N) is 1. The summed E-state index contributed by atoms with van der Waals surface area (Å²) >= 11 is 0. The number of rotatable bonds is 4. The van der Waals surface area contributed by atoms with Gasteiger partial charge in [0.1, 0.15) is 0 Å². The van der Waals surface area contributed by atoms with Crippen LogP contribution in [0.15, 0.2) is 30.5 Å². The standard InChI is InChI=1S/C13H15N3O2/c1-17-12-11(8-15-13(16-12)18-2)10-5-3-4-9(6-10)7-14/h3-6,8H,7,14H2,1-2H3. The average molecular weight is 245 g/mol. The van der Waals surface area contributed by atoms with E-state index in [-0.39, 0.29) is 6.01 Å². The second-order valence-electron chi connectivity index (χ2n) is 3.68. The van der Waals surface area contributed by atoms with Crippen molar-refractivity contribution in [2.24, 2.45) is 5.73 Å². The molecule has 0 fully saturated rings. The Morgan fingerprint density at radius 1 is 1.22 bits per heavy atom. The molecule has 0 aliphatic rings. The maximum atomic E-state index is 5.63. The highest BCUT2D eigenvalue weighted by molar-refractivity contribution is 5.68. The van der Waals surface area contributed by atoms with Gasteiger partial charge in [-0.25, -0.2) is 4.98 Å². The SMILES string of the molecule is COc1ncc(-c2cccc(CN)c2)c(OC)n1. The average Bonchev–Trinajstić information content (AvgIpc) is 2.46. The molecule has 0 aliphatic heterocycles. The third-order valence-electron chi connectivity index (χ3n) is 2.58. The Hall–Kier alpha value is -2.14. The molecule has 1 heterocycles. The lowest BCUT2D eigenvalue weighted by Gasteiger charge is -2.09. The molecule has 1 aromatic carbocycles. The summed E-state index contributed by atoms with van der Waals surface area (Å²) in [6.45, 7) is 0.493. The molecule has 0 unspecified atom stereocenters. The monoisotopic (exact) mass is 245 g/mol. The fourth-order valence-electron chi connectivity index (χ4n) is 1.67. The summed E-state index contributed by atoms with van der Waals surface area (Å²) in [5, 5.41) is 0. The van der Waals surface area contributed by atoms with Gasteiger partial charge in [-0.1, -0.05) is 18.2 Å². The molecule has 0 amide bonds. The molecule has 0 bridgehead atoms. The molecule has 0 spiro atoms. The van der Waals surface area contributed by atoms with E-state index in [4.69, 9.17) is 15.2 Å². The number of hydrogen-bond acceptors (Lipinski definition) is 5. The zero-order valence-electron chi connectivity index (χ0n) is 10.4. The Bertz CT molecular complexity index is 544. The predicted molar refractivity (Wildman–Crippen MR) is 68.5 cm³/mol. The first-order valence-corrected chi connectivity index (χ1v) is 5.53. The van der Waals surface area contributed by atoms with E-state index in [0.717, 1.165) is 16.7 Å². The molecule has 2 aromatic rings. The predicted octanol–water partition coefficient (Wildman–Crippen LogP) is 1.62. The molecule has 1 aromatic heterocycles. The molecule has 5 heteroatoms. The van der Waals surface area contributed by atoms with E-state index in [1.54, 1.807) is 13.3 Å². The van der Waals surface area contributed by atoms with Crippen LogP contribution in [0.3, 0.4) is 0 Å². The van der Waals surface area contributed by atoms with Gasteiger partial charge >= 0.3 is 6.01 Å². The summed E-state index contributed by atoms with van der Waals surface area (Å²) < 4.78 is 10.2. The highest BCUT2D eigenvalue weighted by Gasteiger charge is 2.10. The summed E-state index contributed by atoms with van der Waals surface area (Å²) in [6, 6.07) is 8.16. The minimum atomic E-state index is 0.283. The van der Waals surface area contributed by atoms with Gasteiger partial charge in [-0.2, -0.15) is 4.98 Å². The van der Waals surface area contributed by atoms with Gasteiger partial charge in [0, 0.05) is 12.7 Å². The molecule has 0 saturated carbocycles. The highest BCUT2D eigenvalue weighted by Crippen LogP contribution is 2.29. The normalized spacial score (nSPS) is 10.2. The zero-order valence-corrected chi connectivity index (χ0v) is 10.4. The van der Waals surface area contributed by atoms with Crippen LogP contribution in [0.1, 0.15) is 5.56 Å². The van der Waals surface area contributed by atoms with Gasteiger partial charge in [-0.15, -0.1) is 0 Å². The van der Waals surface area contributed by atoms with Gasteiger partial charge in [-0.3, -0.25) is 0 Å². The van der Waals surface area contributed by atoms with Crippen LogP contribution in [-0.4, -0.2) is 24.2 Å². The van der Waals surface area contributed by atoms with E-state index in [2.05, 4.69) is 9.97 Å². The van der Waals surface area contributed by atoms with Crippen molar-refractivity contribution in [1.82, 2.24) is 9.97 Å². The number of ether oxygens (including phenoxy) is 2. The van der Waals surface area contributed by atoms with Crippen molar-refractivity contribution in [3.05, 3.63) is 36.0 Å². The van der Waals surface area contributed by atoms with Gasteiger partial charge in [-0.05, 0) is 17.2 Å². The molecule has 2 rings (SSSR count). The first-order chi connectivity index (χ1) is 8.78. The third-order valence-corrected chi connectivity index (χ3v) is 2.58.